The van der Waals surface area contributed by atoms with Crippen LogP contribution in [0.2, 0.25) is 0 Å². The van der Waals surface area contributed by atoms with Crippen molar-refractivity contribution in [3.63, 3.8) is 0 Å². The number of aliphatic hydroxyl groups is 3. The first-order chi connectivity index (χ1) is 11.9. The standard InChI is InChI=1S/C13H16N4O8/c14-15-11-6-3-5(17(22)23)1-2-7(6)25-13(21)16(11)12-10(20)9(19)8(4-18)24-12/h1-3,8-12,15,18-20H,4,14H2/t8-,9-,10-,11?,12-/m1/s1. The molecular formula is C13H16N4O8. The molecule has 2 aliphatic rings. The molecule has 0 aliphatic carbocycles. The number of carbonyl (C=O) groups is 1. The number of hydrogen-bond acceptors (Lipinski definition) is 10. The summed E-state index contributed by atoms with van der Waals surface area (Å²) >= 11 is 0. The SMILES string of the molecule is NNC1c2cc([N+](=O)[O-])ccc2OC(=O)N1[C@@H]1O[C@H](CO)[C@@H](O)[C@H]1O. The molecule has 2 aliphatic heterocycles. The average Bonchev–Trinajstić information content (AvgIpc) is 2.87. The van der Waals surface area contributed by atoms with E-state index in [4.69, 9.17) is 20.4 Å². The van der Waals surface area contributed by atoms with Crippen LogP contribution in [0.4, 0.5) is 10.5 Å². The van der Waals surface area contributed by atoms with Crippen LogP contribution in [0, 0.1) is 10.1 Å². The van der Waals surface area contributed by atoms with Gasteiger partial charge in [-0.15, -0.1) is 0 Å². The number of hydrazine groups is 1. The molecule has 0 aromatic heterocycles. The van der Waals surface area contributed by atoms with E-state index in [1.165, 1.54) is 18.2 Å². The molecule has 1 aromatic rings. The topological polar surface area (TPSA) is 181 Å². The van der Waals surface area contributed by atoms with Crippen LogP contribution >= 0.6 is 0 Å². The fourth-order valence-electron chi connectivity index (χ4n) is 2.89. The molecule has 1 amide bonds. The van der Waals surface area contributed by atoms with Crippen molar-refractivity contribution in [2.45, 2.75) is 30.7 Å². The third-order valence-electron chi connectivity index (χ3n) is 4.13. The van der Waals surface area contributed by atoms with Gasteiger partial charge in [0.25, 0.3) is 5.69 Å². The van der Waals surface area contributed by atoms with Gasteiger partial charge in [0, 0.05) is 17.7 Å². The number of non-ortho nitro benzene ring substituents is 1. The maximum Gasteiger partial charge on any atom is 0.419 e. The minimum atomic E-state index is -1.54. The van der Waals surface area contributed by atoms with Gasteiger partial charge in [-0.05, 0) is 6.07 Å². The summed E-state index contributed by atoms with van der Waals surface area (Å²) in [6.45, 7) is -0.583. The van der Waals surface area contributed by atoms with Gasteiger partial charge in [-0.3, -0.25) is 20.9 Å². The summed E-state index contributed by atoms with van der Waals surface area (Å²) in [5.41, 5.74) is 2.24. The van der Waals surface area contributed by atoms with Gasteiger partial charge in [-0.1, -0.05) is 0 Å². The van der Waals surface area contributed by atoms with Crippen LogP contribution in [0.1, 0.15) is 11.7 Å². The first-order valence-electron chi connectivity index (χ1n) is 7.26. The van der Waals surface area contributed by atoms with E-state index in [1.807, 2.05) is 0 Å². The largest absolute Gasteiger partial charge is 0.419 e. The molecule has 6 N–H and O–H groups in total. The Balaban J connectivity index is 2.00. The molecule has 12 heteroatoms. The maximum absolute atomic E-state index is 12.3. The molecule has 12 nitrogen and oxygen atoms in total. The normalized spacial score (nSPS) is 31.6. The summed E-state index contributed by atoms with van der Waals surface area (Å²) < 4.78 is 10.4. The summed E-state index contributed by atoms with van der Waals surface area (Å²) in [6.07, 6.45) is -7.54. The van der Waals surface area contributed by atoms with Crippen molar-refractivity contribution in [1.82, 2.24) is 10.3 Å². The number of aliphatic hydroxyl groups excluding tert-OH is 3. The van der Waals surface area contributed by atoms with Crippen molar-refractivity contribution in [3.05, 3.63) is 33.9 Å². The van der Waals surface area contributed by atoms with E-state index >= 15 is 0 Å². The van der Waals surface area contributed by atoms with E-state index in [2.05, 4.69) is 5.43 Å². The molecule has 3 rings (SSSR count). The van der Waals surface area contributed by atoms with Crippen LogP contribution < -0.4 is 16.0 Å². The third-order valence-corrected chi connectivity index (χ3v) is 4.13. The van der Waals surface area contributed by atoms with Crippen LogP contribution in [-0.4, -0.2) is 62.4 Å². The van der Waals surface area contributed by atoms with Gasteiger partial charge in [0.15, 0.2) is 6.23 Å². The second-order valence-corrected chi connectivity index (χ2v) is 5.55. The summed E-state index contributed by atoms with van der Waals surface area (Å²) in [5, 5.41) is 40.1. The highest BCUT2D eigenvalue weighted by Gasteiger charge is 2.51. The number of fused-ring (bicyclic) bond motifs is 1. The molecule has 0 saturated carbocycles. The van der Waals surface area contributed by atoms with E-state index in [1.54, 1.807) is 0 Å². The first kappa shape index (κ1) is 17.5. The number of hydrogen-bond donors (Lipinski definition) is 5. The van der Waals surface area contributed by atoms with Crippen LogP contribution in [0.15, 0.2) is 18.2 Å². The van der Waals surface area contributed by atoms with E-state index in [-0.39, 0.29) is 17.0 Å². The van der Waals surface area contributed by atoms with Gasteiger partial charge < -0.3 is 24.8 Å². The van der Waals surface area contributed by atoms with Crippen molar-refractivity contribution in [1.29, 1.82) is 0 Å². The van der Waals surface area contributed by atoms with Gasteiger partial charge in [-0.25, -0.2) is 10.2 Å². The van der Waals surface area contributed by atoms with E-state index in [0.717, 1.165) is 4.90 Å². The Morgan fingerprint density at radius 3 is 2.64 bits per heavy atom. The van der Waals surface area contributed by atoms with Gasteiger partial charge in [-0.2, -0.15) is 0 Å². The second-order valence-electron chi connectivity index (χ2n) is 5.55. The highest BCUT2D eigenvalue weighted by atomic mass is 16.6. The van der Waals surface area contributed by atoms with Gasteiger partial charge >= 0.3 is 6.09 Å². The summed E-state index contributed by atoms with van der Waals surface area (Å²) in [6, 6.07) is 3.59. The smallest absolute Gasteiger partial charge is 0.410 e. The molecule has 1 saturated heterocycles. The summed E-state index contributed by atoms with van der Waals surface area (Å²) in [7, 11) is 0. The molecule has 0 bridgehead atoms. The van der Waals surface area contributed by atoms with Crippen LogP contribution in [0.3, 0.4) is 0 Å². The number of rotatable bonds is 4. The lowest BCUT2D eigenvalue weighted by Crippen LogP contribution is -2.56. The van der Waals surface area contributed by atoms with Crippen molar-refractivity contribution in [3.8, 4) is 5.75 Å². The minimum absolute atomic E-state index is 0.0570. The molecule has 1 aromatic carbocycles. The van der Waals surface area contributed by atoms with Crippen molar-refractivity contribution < 1.29 is 34.5 Å². The molecule has 5 atom stereocenters. The Bertz CT molecular complexity index is 701. The van der Waals surface area contributed by atoms with Crippen LogP contribution in [-0.2, 0) is 4.74 Å². The average molecular weight is 356 g/mol. The minimum Gasteiger partial charge on any atom is -0.410 e. The lowest BCUT2D eigenvalue weighted by atomic mass is 10.1. The molecule has 0 radical (unpaired) electrons. The number of amides is 1. The maximum atomic E-state index is 12.3. The van der Waals surface area contributed by atoms with Crippen LogP contribution in [0.25, 0.3) is 0 Å². The van der Waals surface area contributed by atoms with E-state index in [0.29, 0.717) is 0 Å². The van der Waals surface area contributed by atoms with Crippen LogP contribution in [0.5, 0.6) is 5.75 Å². The predicted octanol–water partition coefficient (Wildman–Crippen LogP) is -1.69. The molecule has 136 valence electrons. The first-order valence-corrected chi connectivity index (χ1v) is 7.26. The Morgan fingerprint density at radius 1 is 1.36 bits per heavy atom. The lowest BCUT2D eigenvalue weighted by Gasteiger charge is -2.39. The molecule has 25 heavy (non-hydrogen) atoms. The van der Waals surface area contributed by atoms with Crippen molar-refractivity contribution >= 4 is 11.8 Å². The predicted molar refractivity (Wildman–Crippen MR) is 78.8 cm³/mol. The number of nitro groups is 1. The van der Waals surface area contributed by atoms with Crippen molar-refractivity contribution in [2.24, 2.45) is 5.84 Å². The van der Waals surface area contributed by atoms with E-state index < -0.39 is 48.3 Å². The Kier molecular flexibility index (Phi) is 4.55. The molecule has 1 unspecified atom stereocenters. The number of benzene rings is 1. The van der Waals surface area contributed by atoms with Gasteiger partial charge in [0.2, 0.25) is 0 Å². The number of nitro benzene ring substituents is 1. The fourth-order valence-corrected chi connectivity index (χ4v) is 2.89. The molecule has 1 fully saturated rings. The zero-order valence-electron chi connectivity index (χ0n) is 12.7. The molecule has 0 spiro atoms. The number of nitrogens with two attached hydrogens (primary N) is 1. The number of carbonyl (C=O) groups excluding carboxylic acids is 1. The Labute approximate surface area is 140 Å². The lowest BCUT2D eigenvalue weighted by molar-refractivity contribution is -0.385. The number of nitrogens with zero attached hydrogens (tertiary/aromatic N) is 2. The van der Waals surface area contributed by atoms with Crippen molar-refractivity contribution in [2.75, 3.05) is 6.61 Å². The van der Waals surface area contributed by atoms with E-state index in [9.17, 15) is 25.1 Å². The fraction of sp³-hybridized carbons (Fsp3) is 0.462. The highest BCUT2D eigenvalue weighted by Crippen LogP contribution is 2.39. The van der Waals surface area contributed by atoms with Gasteiger partial charge in [0.05, 0.1) is 11.5 Å². The number of ether oxygens (including phenoxy) is 2. The zero-order valence-corrected chi connectivity index (χ0v) is 12.7. The summed E-state index contributed by atoms with van der Waals surface area (Å²) in [5.74, 6) is 5.55. The third kappa shape index (κ3) is 2.80. The Hall–Kier alpha value is -2.35. The Morgan fingerprint density at radius 2 is 2.08 bits per heavy atom. The molecule has 2 heterocycles. The highest BCUT2D eigenvalue weighted by molar-refractivity contribution is 5.75. The van der Waals surface area contributed by atoms with Gasteiger partial charge in [0.1, 0.15) is 30.2 Å². The second kappa shape index (κ2) is 6.51. The monoisotopic (exact) mass is 356 g/mol. The zero-order chi connectivity index (χ0) is 18.3. The number of nitrogens with one attached hydrogen (secondary N) is 1. The quantitative estimate of drug-likeness (QED) is 0.237. The molecular weight excluding hydrogens is 340 g/mol. The summed E-state index contributed by atoms with van der Waals surface area (Å²) in [4.78, 5) is 23.5.